The Labute approximate surface area is 122 Å². The first-order valence-corrected chi connectivity index (χ1v) is 7.70. The van der Waals surface area contributed by atoms with Crippen LogP contribution in [0.25, 0.3) is 0 Å². The molecule has 0 spiro atoms. The molecule has 1 heterocycles. The Kier molecular flexibility index (Phi) is 6.34. The molecule has 0 saturated carbocycles. The molecule has 0 unspecified atom stereocenters. The molecule has 0 N–H and O–H groups in total. The normalized spacial score (nSPS) is 19.2. The number of aryl methyl sites for hydroxylation is 1. The lowest BCUT2D eigenvalue weighted by atomic mass is 10.0. The molecule has 2 rings (SSSR count). The molecule has 1 atom stereocenters. The standard InChI is InChI=1S/C17H27NO2/c1-15-7-3-4-9-17(15)20-12-6-10-18(2)13-16-8-5-11-19-14-16/h3-4,7,9,16H,5-6,8,10-14H2,1-2H3/t16-/m0/s1. The Bertz CT molecular complexity index is 388. The third-order valence-electron chi connectivity index (χ3n) is 3.86. The number of para-hydroxylation sites is 1. The Morgan fingerprint density at radius 1 is 1.35 bits per heavy atom. The molecule has 112 valence electrons. The van der Waals surface area contributed by atoms with E-state index in [1.165, 1.54) is 18.4 Å². The lowest BCUT2D eigenvalue weighted by molar-refractivity contribution is 0.0415. The molecule has 1 aliphatic rings. The lowest BCUT2D eigenvalue weighted by Crippen LogP contribution is -2.32. The summed E-state index contributed by atoms with van der Waals surface area (Å²) in [6, 6.07) is 8.20. The highest BCUT2D eigenvalue weighted by molar-refractivity contribution is 5.31. The minimum absolute atomic E-state index is 0.714. The van der Waals surface area contributed by atoms with E-state index in [1.54, 1.807) is 0 Å². The van der Waals surface area contributed by atoms with Crippen molar-refractivity contribution in [1.82, 2.24) is 4.90 Å². The van der Waals surface area contributed by atoms with Crippen molar-refractivity contribution in [1.29, 1.82) is 0 Å². The second kappa shape index (κ2) is 8.28. The van der Waals surface area contributed by atoms with Gasteiger partial charge in [-0.3, -0.25) is 0 Å². The van der Waals surface area contributed by atoms with Crippen LogP contribution in [0.2, 0.25) is 0 Å². The minimum Gasteiger partial charge on any atom is -0.493 e. The number of benzene rings is 1. The summed E-state index contributed by atoms with van der Waals surface area (Å²) in [5.41, 5.74) is 1.21. The summed E-state index contributed by atoms with van der Waals surface area (Å²) < 4.78 is 11.4. The molecule has 1 aliphatic heterocycles. The van der Waals surface area contributed by atoms with Crippen LogP contribution in [-0.4, -0.2) is 44.9 Å². The average Bonchev–Trinajstić information content (AvgIpc) is 2.46. The summed E-state index contributed by atoms with van der Waals surface area (Å²) in [6.07, 6.45) is 3.59. The molecule has 1 aromatic rings. The van der Waals surface area contributed by atoms with Gasteiger partial charge in [0.2, 0.25) is 0 Å². The van der Waals surface area contributed by atoms with Crippen molar-refractivity contribution >= 4 is 0 Å². The van der Waals surface area contributed by atoms with Gasteiger partial charge in [-0.15, -0.1) is 0 Å². The SMILES string of the molecule is Cc1ccccc1OCCCN(C)C[C@@H]1CCCOC1. The molecule has 1 fully saturated rings. The van der Waals surface area contributed by atoms with Crippen LogP contribution in [0.5, 0.6) is 5.75 Å². The largest absolute Gasteiger partial charge is 0.493 e. The molecule has 0 aromatic heterocycles. The van der Waals surface area contributed by atoms with Gasteiger partial charge >= 0.3 is 0 Å². The Morgan fingerprint density at radius 3 is 2.95 bits per heavy atom. The second-order valence-corrected chi connectivity index (χ2v) is 5.81. The van der Waals surface area contributed by atoms with Gasteiger partial charge in [-0.1, -0.05) is 18.2 Å². The molecule has 1 saturated heterocycles. The third-order valence-corrected chi connectivity index (χ3v) is 3.86. The Morgan fingerprint density at radius 2 is 2.20 bits per heavy atom. The van der Waals surface area contributed by atoms with Gasteiger partial charge in [0, 0.05) is 19.7 Å². The van der Waals surface area contributed by atoms with E-state index in [4.69, 9.17) is 9.47 Å². The van der Waals surface area contributed by atoms with E-state index in [-0.39, 0.29) is 0 Å². The van der Waals surface area contributed by atoms with Gasteiger partial charge in [-0.2, -0.15) is 0 Å². The third kappa shape index (κ3) is 5.14. The monoisotopic (exact) mass is 277 g/mol. The highest BCUT2D eigenvalue weighted by atomic mass is 16.5. The van der Waals surface area contributed by atoms with Crippen LogP contribution in [0.1, 0.15) is 24.8 Å². The van der Waals surface area contributed by atoms with Gasteiger partial charge in [0.15, 0.2) is 0 Å². The first-order valence-electron chi connectivity index (χ1n) is 7.70. The molecule has 20 heavy (non-hydrogen) atoms. The summed E-state index contributed by atoms with van der Waals surface area (Å²) in [5.74, 6) is 1.72. The molecular formula is C17H27NO2. The van der Waals surface area contributed by atoms with Crippen molar-refractivity contribution in [2.75, 3.05) is 40.0 Å². The zero-order valence-corrected chi connectivity index (χ0v) is 12.8. The number of ether oxygens (including phenoxy) is 2. The average molecular weight is 277 g/mol. The van der Waals surface area contributed by atoms with Crippen LogP contribution in [0.3, 0.4) is 0 Å². The van der Waals surface area contributed by atoms with Crippen molar-refractivity contribution in [2.24, 2.45) is 5.92 Å². The topological polar surface area (TPSA) is 21.7 Å². The molecule has 3 heteroatoms. The maximum atomic E-state index is 5.83. The van der Waals surface area contributed by atoms with Gasteiger partial charge in [0.1, 0.15) is 5.75 Å². The van der Waals surface area contributed by atoms with Gasteiger partial charge in [0.05, 0.1) is 13.2 Å². The summed E-state index contributed by atoms with van der Waals surface area (Å²) in [5, 5.41) is 0. The number of nitrogens with zero attached hydrogens (tertiary/aromatic N) is 1. The summed E-state index contributed by atoms with van der Waals surface area (Å²) >= 11 is 0. The van der Waals surface area contributed by atoms with Crippen LogP contribution in [0.15, 0.2) is 24.3 Å². The Hall–Kier alpha value is -1.06. The molecule has 0 aliphatic carbocycles. The van der Waals surface area contributed by atoms with E-state index >= 15 is 0 Å². The van der Waals surface area contributed by atoms with Crippen LogP contribution in [0, 0.1) is 12.8 Å². The quantitative estimate of drug-likeness (QED) is 0.715. The van der Waals surface area contributed by atoms with Crippen molar-refractivity contribution in [3.05, 3.63) is 29.8 Å². The summed E-state index contributed by atoms with van der Waals surface area (Å²) in [4.78, 5) is 2.40. The van der Waals surface area contributed by atoms with E-state index in [0.29, 0.717) is 5.92 Å². The molecule has 0 bridgehead atoms. The van der Waals surface area contributed by atoms with Crippen LogP contribution in [0.4, 0.5) is 0 Å². The van der Waals surface area contributed by atoms with Crippen molar-refractivity contribution in [3.63, 3.8) is 0 Å². The highest BCUT2D eigenvalue weighted by Gasteiger charge is 2.15. The van der Waals surface area contributed by atoms with Gasteiger partial charge in [0.25, 0.3) is 0 Å². The predicted molar refractivity (Wildman–Crippen MR) is 82.3 cm³/mol. The van der Waals surface area contributed by atoms with E-state index in [9.17, 15) is 0 Å². The molecule has 0 amide bonds. The lowest BCUT2D eigenvalue weighted by Gasteiger charge is -2.27. The van der Waals surface area contributed by atoms with E-state index in [2.05, 4.69) is 24.9 Å². The smallest absolute Gasteiger partial charge is 0.122 e. The van der Waals surface area contributed by atoms with E-state index in [0.717, 1.165) is 45.1 Å². The van der Waals surface area contributed by atoms with E-state index < -0.39 is 0 Å². The molecule has 0 radical (unpaired) electrons. The number of rotatable bonds is 7. The van der Waals surface area contributed by atoms with Gasteiger partial charge in [-0.05, 0) is 50.8 Å². The van der Waals surface area contributed by atoms with Crippen molar-refractivity contribution < 1.29 is 9.47 Å². The highest BCUT2D eigenvalue weighted by Crippen LogP contribution is 2.17. The first-order chi connectivity index (χ1) is 9.75. The molecule has 1 aromatic carbocycles. The maximum Gasteiger partial charge on any atom is 0.122 e. The van der Waals surface area contributed by atoms with Crippen LogP contribution < -0.4 is 4.74 Å². The molecular weight excluding hydrogens is 250 g/mol. The first kappa shape index (κ1) is 15.3. The number of hydrogen-bond acceptors (Lipinski definition) is 3. The fraction of sp³-hybridized carbons (Fsp3) is 0.647. The zero-order chi connectivity index (χ0) is 14.2. The minimum atomic E-state index is 0.714. The second-order valence-electron chi connectivity index (χ2n) is 5.81. The van der Waals surface area contributed by atoms with E-state index in [1.807, 2.05) is 18.2 Å². The van der Waals surface area contributed by atoms with Gasteiger partial charge in [-0.25, -0.2) is 0 Å². The van der Waals surface area contributed by atoms with Gasteiger partial charge < -0.3 is 14.4 Å². The zero-order valence-electron chi connectivity index (χ0n) is 12.8. The number of hydrogen-bond donors (Lipinski definition) is 0. The summed E-state index contributed by atoms with van der Waals surface area (Å²) in [7, 11) is 2.20. The fourth-order valence-electron chi connectivity index (χ4n) is 2.72. The van der Waals surface area contributed by atoms with Crippen molar-refractivity contribution in [2.45, 2.75) is 26.2 Å². The molecule has 3 nitrogen and oxygen atoms in total. The maximum absolute atomic E-state index is 5.83. The van der Waals surface area contributed by atoms with Crippen molar-refractivity contribution in [3.8, 4) is 5.75 Å². The van der Waals surface area contributed by atoms with Crippen LogP contribution >= 0.6 is 0 Å². The van der Waals surface area contributed by atoms with Crippen LogP contribution in [-0.2, 0) is 4.74 Å². The summed E-state index contributed by atoms with van der Waals surface area (Å²) in [6.45, 7) is 6.99. The Balaban J connectivity index is 1.59. The fourth-order valence-corrected chi connectivity index (χ4v) is 2.72. The predicted octanol–water partition coefficient (Wildman–Crippen LogP) is 3.12.